The van der Waals surface area contributed by atoms with Crippen molar-refractivity contribution in [1.82, 2.24) is 9.29 Å². The minimum atomic E-state index is -4.17. The molecule has 3 nitrogen and oxygen atoms in total. The Kier molecular flexibility index (Phi) is 6.60. The molecular formula is C25H29ClF3N3S. The standard InChI is InChI=1S/C25H29ClF3N3S/c1-19-24(12-15-31(16-13-24)33(2,3)23-7-5-4-6-22(23)26)14-17-32(19)21-9-8-20(30-18-21)10-11-25(27,28)29/h4-9,18H,1-3,10-17H2. The first-order chi connectivity index (χ1) is 15.5. The van der Waals surface area contributed by atoms with Crippen LogP contribution in [0, 0.1) is 5.41 Å². The van der Waals surface area contributed by atoms with Crippen molar-refractivity contribution in [3.8, 4) is 0 Å². The third-order valence-electron chi connectivity index (χ3n) is 6.96. The molecule has 0 unspecified atom stereocenters. The maximum Gasteiger partial charge on any atom is 0.389 e. The molecular weight excluding hydrogens is 467 g/mol. The van der Waals surface area contributed by atoms with Gasteiger partial charge in [0.2, 0.25) is 0 Å². The first-order valence-corrected chi connectivity index (χ1v) is 13.3. The lowest BCUT2D eigenvalue weighted by molar-refractivity contribution is -0.134. The van der Waals surface area contributed by atoms with Gasteiger partial charge in [-0.2, -0.15) is 13.2 Å². The Hall–Kier alpha value is -1.96. The van der Waals surface area contributed by atoms with Gasteiger partial charge >= 0.3 is 6.18 Å². The van der Waals surface area contributed by atoms with Gasteiger partial charge in [0.1, 0.15) is 0 Å². The van der Waals surface area contributed by atoms with Gasteiger partial charge in [-0.3, -0.25) is 9.29 Å². The zero-order chi connectivity index (χ0) is 23.9. The number of hydrogen-bond acceptors (Lipinski definition) is 3. The fourth-order valence-corrected chi connectivity index (χ4v) is 7.35. The Bertz CT molecular complexity index is 1120. The van der Waals surface area contributed by atoms with E-state index in [0.29, 0.717) is 10.7 Å². The highest BCUT2D eigenvalue weighted by Gasteiger charge is 2.44. The maximum atomic E-state index is 12.5. The van der Waals surface area contributed by atoms with Crippen molar-refractivity contribution in [2.75, 3.05) is 24.5 Å². The summed E-state index contributed by atoms with van der Waals surface area (Å²) >= 11 is 6.44. The minimum absolute atomic E-state index is 0.0153. The van der Waals surface area contributed by atoms with E-state index in [2.05, 4.69) is 32.5 Å². The Morgan fingerprint density at radius 1 is 1.03 bits per heavy atom. The molecule has 178 valence electrons. The molecule has 0 bridgehead atoms. The van der Waals surface area contributed by atoms with Gasteiger partial charge in [-0.25, -0.2) is 0 Å². The van der Waals surface area contributed by atoms with Gasteiger partial charge in [0.25, 0.3) is 0 Å². The van der Waals surface area contributed by atoms with Gasteiger partial charge < -0.3 is 4.90 Å². The largest absolute Gasteiger partial charge is 0.389 e. The summed E-state index contributed by atoms with van der Waals surface area (Å²) < 4.78 is 39.8. The lowest BCUT2D eigenvalue weighted by Gasteiger charge is -2.43. The van der Waals surface area contributed by atoms with Crippen LogP contribution in [0.1, 0.15) is 31.4 Å². The van der Waals surface area contributed by atoms with Crippen LogP contribution in [0.25, 0.3) is 0 Å². The number of hydrogen-bond donors (Lipinski definition) is 0. The molecule has 0 saturated carbocycles. The Morgan fingerprint density at radius 2 is 1.70 bits per heavy atom. The molecule has 0 amide bonds. The molecule has 2 aliphatic heterocycles. The summed E-state index contributed by atoms with van der Waals surface area (Å²) in [6.45, 7) is 7.00. The van der Waals surface area contributed by atoms with E-state index >= 15 is 0 Å². The lowest BCUT2D eigenvalue weighted by atomic mass is 9.76. The molecule has 1 spiro atoms. The second-order valence-corrected chi connectivity index (χ2v) is 12.0. The number of nitrogens with zero attached hydrogens (tertiary/aromatic N) is 3. The maximum absolute atomic E-state index is 12.5. The summed E-state index contributed by atoms with van der Waals surface area (Å²) in [7, 11) is -1.67. The highest BCUT2D eigenvalue weighted by atomic mass is 35.5. The van der Waals surface area contributed by atoms with Gasteiger partial charge in [0, 0.05) is 47.8 Å². The topological polar surface area (TPSA) is 19.4 Å². The second kappa shape index (κ2) is 9.01. The van der Waals surface area contributed by atoms with Crippen LogP contribution in [0.4, 0.5) is 18.9 Å². The zero-order valence-electron chi connectivity index (χ0n) is 18.6. The smallest absolute Gasteiger partial charge is 0.344 e. The number of alkyl halides is 3. The lowest BCUT2D eigenvalue weighted by Crippen LogP contribution is -2.38. The van der Waals surface area contributed by atoms with E-state index in [1.165, 1.54) is 0 Å². The summed E-state index contributed by atoms with van der Waals surface area (Å²) in [6.07, 6.45) is -0.533. The first-order valence-electron chi connectivity index (χ1n) is 11.0. The molecule has 1 aromatic heterocycles. The number of halogens is 4. The van der Waals surface area contributed by atoms with E-state index in [4.69, 9.17) is 11.6 Å². The number of pyridine rings is 1. The molecule has 0 atom stereocenters. The van der Waals surface area contributed by atoms with Crippen LogP contribution in [-0.4, -0.2) is 46.8 Å². The SMILES string of the molecule is C=C1N(c2ccc(CCC(F)(F)F)nc2)CCC12CCN(S(=C)(=C)c1ccccc1Cl)CC2. The van der Waals surface area contributed by atoms with Crippen molar-refractivity contribution in [3.05, 3.63) is 65.6 Å². The predicted octanol–water partition coefficient (Wildman–Crippen LogP) is 6.68. The number of benzene rings is 1. The average Bonchev–Trinajstić information content (AvgIpc) is 3.08. The Morgan fingerprint density at radius 3 is 2.30 bits per heavy atom. The molecule has 1 aromatic carbocycles. The summed E-state index contributed by atoms with van der Waals surface area (Å²) in [4.78, 5) is 7.43. The fourth-order valence-electron chi connectivity index (χ4n) is 4.86. The van der Waals surface area contributed by atoms with E-state index in [9.17, 15) is 13.2 Å². The molecule has 0 radical (unpaired) electrons. The van der Waals surface area contributed by atoms with Crippen LogP contribution in [0.3, 0.4) is 0 Å². The Labute approximate surface area is 199 Å². The quantitative estimate of drug-likeness (QED) is 0.431. The molecule has 3 heterocycles. The van der Waals surface area contributed by atoms with Crippen LogP contribution in [0.2, 0.25) is 5.02 Å². The zero-order valence-corrected chi connectivity index (χ0v) is 20.2. The van der Waals surface area contributed by atoms with Gasteiger partial charge in [-0.05, 0) is 49.9 Å². The molecule has 0 aliphatic carbocycles. The molecule has 33 heavy (non-hydrogen) atoms. The van der Waals surface area contributed by atoms with E-state index in [1.54, 1.807) is 12.3 Å². The number of anilines is 1. The van der Waals surface area contributed by atoms with Crippen molar-refractivity contribution >= 4 is 38.4 Å². The predicted molar refractivity (Wildman–Crippen MR) is 135 cm³/mol. The van der Waals surface area contributed by atoms with E-state index in [-0.39, 0.29) is 11.8 Å². The Balaban J connectivity index is 1.42. The molecule has 2 fully saturated rings. The number of aromatic nitrogens is 1. The number of aryl methyl sites for hydroxylation is 1. The second-order valence-electron chi connectivity index (χ2n) is 8.95. The molecule has 2 saturated heterocycles. The molecule has 8 heteroatoms. The highest BCUT2D eigenvalue weighted by molar-refractivity contribution is 8.25. The van der Waals surface area contributed by atoms with Crippen molar-refractivity contribution in [1.29, 1.82) is 0 Å². The van der Waals surface area contributed by atoms with Gasteiger partial charge in [-0.15, -0.1) is 9.39 Å². The normalized spacial score (nSPS) is 19.4. The highest BCUT2D eigenvalue weighted by Crippen LogP contribution is 2.52. The molecule has 2 aliphatic rings. The molecule has 0 N–H and O–H groups in total. The summed E-state index contributed by atoms with van der Waals surface area (Å²) in [5, 5.41) is 0.709. The van der Waals surface area contributed by atoms with E-state index in [0.717, 1.165) is 55.2 Å². The van der Waals surface area contributed by atoms with E-state index in [1.807, 2.05) is 30.3 Å². The van der Waals surface area contributed by atoms with Gasteiger partial charge in [-0.1, -0.05) is 42.1 Å². The first kappa shape index (κ1) is 24.2. The van der Waals surface area contributed by atoms with Crippen LogP contribution in [0.15, 0.2) is 59.8 Å². The number of rotatable bonds is 5. The van der Waals surface area contributed by atoms with Crippen LogP contribution >= 0.6 is 21.0 Å². The monoisotopic (exact) mass is 495 g/mol. The van der Waals surface area contributed by atoms with Crippen LogP contribution < -0.4 is 4.90 Å². The number of piperidine rings is 1. The molecule has 4 rings (SSSR count). The van der Waals surface area contributed by atoms with Crippen molar-refractivity contribution in [2.24, 2.45) is 5.41 Å². The molecule has 2 aromatic rings. The number of allylic oxidation sites excluding steroid dienone is 1. The van der Waals surface area contributed by atoms with Crippen LogP contribution in [0.5, 0.6) is 0 Å². The third kappa shape index (κ3) is 4.96. The van der Waals surface area contributed by atoms with E-state index < -0.39 is 22.0 Å². The van der Waals surface area contributed by atoms with Crippen molar-refractivity contribution in [3.63, 3.8) is 0 Å². The minimum Gasteiger partial charge on any atom is -0.344 e. The summed E-state index contributed by atoms with van der Waals surface area (Å²) in [6, 6.07) is 11.3. The average molecular weight is 496 g/mol. The summed E-state index contributed by atoms with van der Waals surface area (Å²) in [5.74, 6) is 8.92. The van der Waals surface area contributed by atoms with Crippen LogP contribution in [-0.2, 0) is 6.42 Å². The van der Waals surface area contributed by atoms with Gasteiger partial charge in [0.05, 0.1) is 16.9 Å². The van der Waals surface area contributed by atoms with Crippen molar-refractivity contribution < 1.29 is 13.2 Å². The van der Waals surface area contributed by atoms with Gasteiger partial charge in [0.15, 0.2) is 0 Å². The van der Waals surface area contributed by atoms with Crippen molar-refractivity contribution in [2.45, 2.75) is 43.2 Å². The third-order valence-corrected chi connectivity index (χ3v) is 9.93. The fraction of sp³-hybridized carbons (Fsp3) is 0.400. The summed E-state index contributed by atoms with van der Waals surface area (Å²) in [5.41, 5.74) is 2.43.